The van der Waals surface area contributed by atoms with Crippen LogP contribution < -0.4 is 0 Å². The fourth-order valence-corrected chi connectivity index (χ4v) is 3.68. The number of alkyl halides is 1. The number of hydrogen-bond donors (Lipinski definition) is 1. The molecule has 0 saturated carbocycles. The Bertz CT molecular complexity index is 623. The van der Waals surface area contributed by atoms with Crippen LogP contribution >= 0.6 is 58.0 Å². The van der Waals surface area contributed by atoms with E-state index in [1.165, 1.54) is 0 Å². The van der Waals surface area contributed by atoms with E-state index in [4.69, 9.17) is 58.0 Å². The Kier molecular flexibility index (Phi) is 4.63. The molecule has 20 heavy (non-hydrogen) atoms. The summed E-state index contributed by atoms with van der Waals surface area (Å²) in [5.74, 6) is -2.27. The van der Waals surface area contributed by atoms with E-state index in [9.17, 15) is 9.90 Å². The summed E-state index contributed by atoms with van der Waals surface area (Å²) in [5, 5.41) is 9.14. The highest BCUT2D eigenvalue weighted by molar-refractivity contribution is 6.56. The molecule has 2 nitrogen and oxygen atoms in total. The molecule has 1 aliphatic carbocycles. The number of hydrogen-bond acceptors (Lipinski definition) is 1. The molecule has 1 aromatic rings. The lowest BCUT2D eigenvalue weighted by Crippen LogP contribution is -2.42. The molecule has 1 aliphatic rings. The number of carboxylic acid groups (broad SMARTS) is 1. The minimum Gasteiger partial charge on any atom is -0.480 e. The van der Waals surface area contributed by atoms with Crippen molar-refractivity contribution in [3.8, 4) is 0 Å². The topological polar surface area (TPSA) is 37.3 Å². The highest BCUT2D eigenvalue weighted by atomic mass is 35.5. The van der Waals surface area contributed by atoms with E-state index >= 15 is 0 Å². The third kappa shape index (κ3) is 2.34. The van der Waals surface area contributed by atoms with Crippen LogP contribution in [0.15, 0.2) is 50.5 Å². The first-order valence-corrected chi connectivity index (χ1v) is 7.29. The summed E-state index contributed by atoms with van der Waals surface area (Å²) >= 11 is 30.4. The zero-order chi connectivity index (χ0) is 15.1. The second kappa shape index (κ2) is 5.78. The van der Waals surface area contributed by atoms with Gasteiger partial charge in [0.25, 0.3) is 0 Å². The van der Waals surface area contributed by atoms with Crippen molar-refractivity contribution in [2.45, 2.75) is 10.8 Å². The fraction of sp³-hybridized carbons (Fsp3) is 0.154. The molecule has 2 unspecified atom stereocenters. The summed E-state index contributed by atoms with van der Waals surface area (Å²) in [6, 6.07) is 8.65. The van der Waals surface area contributed by atoms with E-state index in [0.717, 1.165) is 0 Å². The quantitative estimate of drug-likeness (QED) is 0.722. The van der Waals surface area contributed by atoms with E-state index in [1.54, 1.807) is 30.3 Å². The SMILES string of the molecule is O=C(O)C1(Cl)C(Cl)=C(Cl)C(Cl)=C(Cl)C1c1ccccc1. The fourth-order valence-electron chi connectivity index (χ4n) is 2.03. The van der Waals surface area contributed by atoms with Gasteiger partial charge in [0.05, 0.1) is 21.0 Å². The molecular weight excluding hydrogens is 365 g/mol. The zero-order valence-corrected chi connectivity index (χ0v) is 13.5. The number of aliphatic carboxylic acids is 1. The van der Waals surface area contributed by atoms with Crippen molar-refractivity contribution >= 4 is 64.0 Å². The van der Waals surface area contributed by atoms with Gasteiger partial charge in [-0.1, -0.05) is 88.3 Å². The predicted octanol–water partition coefficient (Wildman–Crippen LogP) is 5.22. The van der Waals surface area contributed by atoms with Gasteiger partial charge < -0.3 is 5.11 Å². The van der Waals surface area contributed by atoms with E-state index in [1.807, 2.05) is 0 Å². The zero-order valence-electron chi connectivity index (χ0n) is 9.71. The lowest BCUT2D eigenvalue weighted by molar-refractivity contribution is -0.139. The second-order valence-electron chi connectivity index (χ2n) is 4.15. The van der Waals surface area contributed by atoms with Crippen LogP contribution in [0.25, 0.3) is 0 Å². The third-order valence-corrected chi connectivity index (χ3v) is 5.63. The van der Waals surface area contributed by atoms with Gasteiger partial charge >= 0.3 is 5.97 Å². The smallest absolute Gasteiger partial charge is 0.331 e. The van der Waals surface area contributed by atoms with Crippen LogP contribution in [0.2, 0.25) is 0 Å². The minimum absolute atomic E-state index is 0.00436. The molecule has 2 rings (SSSR count). The Morgan fingerprint density at radius 3 is 2.10 bits per heavy atom. The number of rotatable bonds is 2. The van der Waals surface area contributed by atoms with E-state index in [-0.39, 0.29) is 20.1 Å². The summed E-state index contributed by atoms with van der Waals surface area (Å²) in [4.78, 5) is 9.64. The monoisotopic (exact) mass is 370 g/mol. The largest absolute Gasteiger partial charge is 0.480 e. The molecule has 0 bridgehead atoms. The number of allylic oxidation sites excluding steroid dienone is 3. The Hall–Kier alpha value is -0.380. The molecule has 1 N–H and O–H groups in total. The average molecular weight is 372 g/mol. The van der Waals surface area contributed by atoms with E-state index in [0.29, 0.717) is 5.56 Å². The molecule has 0 amide bonds. The van der Waals surface area contributed by atoms with Gasteiger partial charge in [-0.3, -0.25) is 0 Å². The van der Waals surface area contributed by atoms with E-state index in [2.05, 4.69) is 0 Å². The van der Waals surface area contributed by atoms with Crippen LogP contribution in [0.4, 0.5) is 0 Å². The van der Waals surface area contributed by atoms with Crippen molar-refractivity contribution in [1.82, 2.24) is 0 Å². The molecule has 0 aromatic heterocycles. The minimum atomic E-state index is -1.99. The van der Waals surface area contributed by atoms with Gasteiger partial charge in [0.1, 0.15) is 0 Å². The molecule has 0 radical (unpaired) electrons. The second-order valence-corrected chi connectivity index (χ2v) is 6.29. The van der Waals surface area contributed by atoms with Crippen molar-refractivity contribution < 1.29 is 9.90 Å². The number of carbonyl (C=O) groups is 1. The van der Waals surface area contributed by atoms with E-state index < -0.39 is 16.8 Å². The molecule has 106 valence electrons. The normalized spacial score (nSPS) is 26.9. The summed E-state index contributed by atoms with van der Waals surface area (Å²) in [6.45, 7) is 0. The summed E-state index contributed by atoms with van der Waals surface area (Å²) in [5.41, 5.74) is 0.579. The third-order valence-electron chi connectivity index (χ3n) is 3.01. The molecule has 0 fully saturated rings. The van der Waals surface area contributed by atoms with Gasteiger partial charge in [-0.15, -0.1) is 0 Å². The molecule has 1 aromatic carbocycles. The van der Waals surface area contributed by atoms with Gasteiger partial charge in [0.2, 0.25) is 0 Å². The lowest BCUT2D eigenvalue weighted by atomic mass is 9.81. The van der Waals surface area contributed by atoms with Gasteiger partial charge in [-0.2, -0.15) is 0 Å². The van der Waals surface area contributed by atoms with Crippen LogP contribution in [0, 0.1) is 0 Å². The summed E-state index contributed by atoms with van der Waals surface area (Å²) in [7, 11) is 0. The number of benzene rings is 1. The Morgan fingerprint density at radius 1 is 1.05 bits per heavy atom. The van der Waals surface area contributed by atoms with Crippen LogP contribution in [-0.4, -0.2) is 16.0 Å². The van der Waals surface area contributed by atoms with Crippen LogP contribution in [0.5, 0.6) is 0 Å². The van der Waals surface area contributed by atoms with Crippen molar-refractivity contribution in [3.05, 3.63) is 56.0 Å². The van der Waals surface area contributed by atoms with Crippen molar-refractivity contribution in [2.24, 2.45) is 0 Å². The van der Waals surface area contributed by atoms with Crippen LogP contribution in [0.1, 0.15) is 11.5 Å². The maximum atomic E-state index is 11.6. The van der Waals surface area contributed by atoms with Crippen molar-refractivity contribution in [1.29, 1.82) is 0 Å². The van der Waals surface area contributed by atoms with Gasteiger partial charge in [0, 0.05) is 5.03 Å². The van der Waals surface area contributed by atoms with Gasteiger partial charge in [-0.05, 0) is 5.56 Å². The van der Waals surface area contributed by atoms with Crippen molar-refractivity contribution in [2.75, 3.05) is 0 Å². The summed E-state index contributed by atoms with van der Waals surface area (Å²) in [6.07, 6.45) is 0. The number of carboxylic acids is 1. The Balaban J connectivity index is 2.73. The predicted molar refractivity (Wildman–Crippen MR) is 82.9 cm³/mol. The first-order valence-electron chi connectivity index (χ1n) is 5.40. The first kappa shape index (κ1) is 16.0. The van der Waals surface area contributed by atoms with Crippen LogP contribution in [0.3, 0.4) is 0 Å². The molecule has 0 saturated heterocycles. The standard InChI is InChI=1S/C13H7Cl5O2/c14-8-7(6-4-2-1-3-5-6)13(18,12(19)20)11(17)10(16)9(8)15/h1-5,7H,(H,19,20). The molecule has 0 aliphatic heterocycles. The van der Waals surface area contributed by atoms with Gasteiger partial charge in [0.15, 0.2) is 4.87 Å². The van der Waals surface area contributed by atoms with Crippen molar-refractivity contribution in [3.63, 3.8) is 0 Å². The Labute approximate surface area is 140 Å². The molecule has 7 heteroatoms. The molecule has 0 heterocycles. The molecule has 0 spiro atoms. The molecule has 2 atom stereocenters. The summed E-state index contributed by atoms with van der Waals surface area (Å²) < 4.78 is 0. The Morgan fingerprint density at radius 2 is 1.60 bits per heavy atom. The first-order chi connectivity index (χ1) is 9.31. The molecular formula is C13H7Cl5O2. The maximum absolute atomic E-state index is 11.6. The lowest BCUT2D eigenvalue weighted by Gasteiger charge is -2.35. The number of halogens is 5. The maximum Gasteiger partial charge on any atom is 0.331 e. The highest BCUT2D eigenvalue weighted by Crippen LogP contribution is 2.55. The van der Waals surface area contributed by atoms with Gasteiger partial charge in [-0.25, -0.2) is 4.79 Å². The average Bonchev–Trinajstić information content (AvgIpc) is 2.44. The van der Waals surface area contributed by atoms with Crippen LogP contribution in [-0.2, 0) is 4.79 Å². The highest BCUT2D eigenvalue weighted by Gasteiger charge is 2.54.